The Bertz CT molecular complexity index is 1440. The summed E-state index contributed by atoms with van der Waals surface area (Å²) in [6, 6.07) is 11.3. The first-order valence-corrected chi connectivity index (χ1v) is 16.8. The number of aryl methyl sites for hydroxylation is 1. The van der Waals surface area contributed by atoms with Crippen LogP contribution in [0.25, 0.3) is 0 Å². The summed E-state index contributed by atoms with van der Waals surface area (Å²) < 4.78 is 34.5. The quantitative estimate of drug-likeness (QED) is 0.311. The van der Waals surface area contributed by atoms with Crippen molar-refractivity contribution in [3.8, 4) is 5.75 Å². The molecule has 1 heterocycles. The molecule has 0 saturated heterocycles. The minimum Gasteiger partial charge on any atom is -0.490 e. The fourth-order valence-electron chi connectivity index (χ4n) is 6.86. The Hall–Kier alpha value is -2.81. The van der Waals surface area contributed by atoms with Crippen molar-refractivity contribution < 1.29 is 23.1 Å². The van der Waals surface area contributed by atoms with Crippen molar-refractivity contribution in [2.45, 2.75) is 62.0 Å². The van der Waals surface area contributed by atoms with Gasteiger partial charge in [-0.25, -0.2) is 13.1 Å². The molecular weight excluding hydrogens is 572 g/mol. The topological polar surface area (TPSA) is 95.9 Å². The monoisotopic (exact) mass is 612 g/mol. The van der Waals surface area contributed by atoms with Crippen molar-refractivity contribution in [3.63, 3.8) is 0 Å². The molecule has 2 aliphatic carbocycles. The standard InChI is InChI=1S/C33H41ClN2O5S/c1-3-5-9-28(20-37)42(39,40)35-32(38)25-12-15-31-30(18-25)36(19-26-11-10-23(26)7-4-2)21-33(22-41-31)16-6-8-24-17-27(34)13-14-29(24)33/h3-4,12-15,17-18,23,26,28,37H,1-2,5-11,16,19-22H2,(H,35,38)/t23-,26+,28+,33+/m1/s1. The lowest BCUT2D eigenvalue weighted by Crippen LogP contribution is -2.48. The van der Waals surface area contributed by atoms with Crippen LogP contribution in [0.4, 0.5) is 5.69 Å². The molecule has 0 bridgehead atoms. The van der Waals surface area contributed by atoms with Gasteiger partial charge in [0.1, 0.15) is 11.0 Å². The van der Waals surface area contributed by atoms with Crippen molar-refractivity contribution in [2.75, 3.05) is 31.2 Å². The highest BCUT2D eigenvalue weighted by atomic mass is 35.5. The van der Waals surface area contributed by atoms with E-state index in [2.05, 4.69) is 34.9 Å². The van der Waals surface area contributed by atoms with Gasteiger partial charge in [-0.3, -0.25) is 4.79 Å². The predicted octanol–water partition coefficient (Wildman–Crippen LogP) is 5.80. The van der Waals surface area contributed by atoms with Crippen LogP contribution in [-0.2, 0) is 21.9 Å². The molecule has 7 nitrogen and oxygen atoms in total. The van der Waals surface area contributed by atoms with Crippen LogP contribution in [0.5, 0.6) is 5.75 Å². The Morgan fingerprint density at radius 1 is 1.19 bits per heavy atom. The van der Waals surface area contributed by atoms with E-state index >= 15 is 0 Å². The first kappa shape index (κ1) is 30.6. The molecule has 5 rings (SSSR count). The van der Waals surface area contributed by atoms with Crippen LogP contribution in [-0.4, -0.2) is 51.0 Å². The zero-order chi connectivity index (χ0) is 29.9. The van der Waals surface area contributed by atoms with Gasteiger partial charge in [0.25, 0.3) is 5.91 Å². The highest BCUT2D eigenvalue weighted by Gasteiger charge is 2.43. The van der Waals surface area contributed by atoms with E-state index in [9.17, 15) is 18.3 Å². The minimum absolute atomic E-state index is 0.177. The molecule has 9 heteroatoms. The third-order valence-corrected chi connectivity index (χ3v) is 11.3. The number of hydrogen-bond donors (Lipinski definition) is 2. The average Bonchev–Trinajstić information content (AvgIpc) is 3.11. The molecule has 226 valence electrons. The number of allylic oxidation sites excluding steroid dienone is 2. The fraction of sp³-hybridized carbons (Fsp3) is 0.485. The molecule has 1 aliphatic heterocycles. The molecule has 1 amide bonds. The zero-order valence-electron chi connectivity index (χ0n) is 24.1. The first-order valence-electron chi connectivity index (χ1n) is 14.9. The molecule has 4 atom stereocenters. The van der Waals surface area contributed by atoms with E-state index in [-0.39, 0.29) is 17.4 Å². The first-order chi connectivity index (χ1) is 20.2. The van der Waals surface area contributed by atoms with Gasteiger partial charge in [0.2, 0.25) is 10.0 Å². The van der Waals surface area contributed by atoms with E-state index in [4.69, 9.17) is 16.3 Å². The summed E-state index contributed by atoms with van der Waals surface area (Å²) in [5.74, 6) is 1.03. The Balaban J connectivity index is 1.47. The molecule has 0 unspecified atom stereocenters. The number of nitrogens with zero attached hydrogens (tertiary/aromatic N) is 1. The molecule has 42 heavy (non-hydrogen) atoms. The van der Waals surface area contributed by atoms with Gasteiger partial charge in [0, 0.05) is 29.1 Å². The third kappa shape index (κ3) is 6.26. The van der Waals surface area contributed by atoms with Crippen LogP contribution in [0, 0.1) is 11.8 Å². The molecule has 0 radical (unpaired) electrons. The van der Waals surface area contributed by atoms with Crippen molar-refractivity contribution in [2.24, 2.45) is 11.8 Å². The predicted molar refractivity (Wildman–Crippen MR) is 168 cm³/mol. The molecular formula is C33H41ClN2O5S. The maximum atomic E-state index is 13.3. The second-order valence-corrected chi connectivity index (χ2v) is 14.5. The lowest BCUT2D eigenvalue weighted by Gasteiger charge is -2.44. The summed E-state index contributed by atoms with van der Waals surface area (Å²) in [4.78, 5) is 15.6. The highest BCUT2D eigenvalue weighted by molar-refractivity contribution is 7.90. The molecule has 1 spiro atoms. The van der Waals surface area contributed by atoms with Crippen molar-refractivity contribution >= 4 is 33.2 Å². The van der Waals surface area contributed by atoms with Gasteiger partial charge in [0.05, 0.1) is 18.9 Å². The highest BCUT2D eigenvalue weighted by Crippen LogP contribution is 2.46. The van der Waals surface area contributed by atoms with Crippen LogP contribution in [0.1, 0.15) is 66.4 Å². The number of hydrogen-bond acceptors (Lipinski definition) is 6. The van der Waals surface area contributed by atoms with Crippen LogP contribution < -0.4 is 14.4 Å². The molecule has 2 aromatic rings. The SMILES string of the molecule is C=CCC[C@@H](CO)S(=O)(=O)NC(=O)c1ccc2c(c1)N(C[C@@H]1CC[C@H]1CC=C)C[C@@]1(CCCc3cc(Cl)ccc31)CO2. The number of aliphatic hydroxyl groups excluding tert-OH is 1. The van der Waals surface area contributed by atoms with Crippen LogP contribution in [0.15, 0.2) is 61.7 Å². The Labute approximate surface area is 254 Å². The Morgan fingerprint density at radius 3 is 2.71 bits per heavy atom. The second-order valence-electron chi connectivity index (χ2n) is 12.1. The Morgan fingerprint density at radius 2 is 2.00 bits per heavy atom. The van der Waals surface area contributed by atoms with Gasteiger partial charge in [0.15, 0.2) is 0 Å². The summed E-state index contributed by atoms with van der Waals surface area (Å²) in [6.45, 7) is 9.04. The summed E-state index contributed by atoms with van der Waals surface area (Å²) in [7, 11) is -4.08. The molecule has 2 N–H and O–H groups in total. The van der Waals surface area contributed by atoms with Crippen molar-refractivity contribution in [1.29, 1.82) is 0 Å². The molecule has 3 aliphatic rings. The summed E-state index contributed by atoms with van der Waals surface area (Å²) >= 11 is 6.38. The smallest absolute Gasteiger partial charge is 0.264 e. The Kier molecular flexibility index (Phi) is 9.35. The van der Waals surface area contributed by atoms with Gasteiger partial charge >= 0.3 is 0 Å². The van der Waals surface area contributed by atoms with Crippen LogP contribution in [0.3, 0.4) is 0 Å². The second kappa shape index (κ2) is 12.8. The molecule has 2 aromatic carbocycles. The summed E-state index contributed by atoms with van der Waals surface area (Å²) in [6.07, 6.45) is 10.5. The summed E-state index contributed by atoms with van der Waals surface area (Å²) in [5, 5.41) is 9.31. The number of ether oxygens (including phenoxy) is 1. The van der Waals surface area contributed by atoms with Crippen molar-refractivity contribution in [1.82, 2.24) is 4.72 Å². The van der Waals surface area contributed by atoms with E-state index < -0.39 is 27.8 Å². The number of nitrogens with one attached hydrogen (secondary N) is 1. The number of fused-ring (bicyclic) bond motifs is 3. The number of benzene rings is 2. The van der Waals surface area contributed by atoms with Gasteiger partial charge in [-0.1, -0.05) is 29.8 Å². The summed E-state index contributed by atoms with van der Waals surface area (Å²) in [5.41, 5.74) is 3.32. The van der Waals surface area contributed by atoms with Gasteiger partial charge in [-0.2, -0.15) is 0 Å². The van der Waals surface area contributed by atoms with Gasteiger partial charge in [-0.05, 0) is 105 Å². The maximum absolute atomic E-state index is 13.3. The maximum Gasteiger partial charge on any atom is 0.264 e. The van der Waals surface area contributed by atoms with Gasteiger partial charge in [-0.15, -0.1) is 13.2 Å². The largest absolute Gasteiger partial charge is 0.490 e. The fourth-order valence-corrected chi connectivity index (χ4v) is 8.24. The number of aliphatic hydroxyl groups is 1. The van der Waals surface area contributed by atoms with E-state index in [1.165, 1.54) is 17.5 Å². The van der Waals surface area contributed by atoms with Crippen LogP contribution >= 0.6 is 11.6 Å². The zero-order valence-corrected chi connectivity index (χ0v) is 25.6. The number of sulfonamides is 1. The lowest BCUT2D eigenvalue weighted by molar-refractivity contribution is 0.0980. The van der Waals surface area contributed by atoms with Gasteiger partial charge < -0.3 is 14.7 Å². The molecule has 1 saturated carbocycles. The van der Waals surface area contributed by atoms with E-state index in [0.29, 0.717) is 30.6 Å². The molecule has 0 aromatic heterocycles. The number of halogens is 1. The van der Waals surface area contributed by atoms with E-state index in [1.54, 1.807) is 24.3 Å². The minimum atomic E-state index is -4.08. The lowest BCUT2D eigenvalue weighted by atomic mass is 9.69. The normalized spacial score (nSPS) is 23.9. The molecule has 1 fully saturated rings. The third-order valence-electron chi connectivity index (χ3n) is 9.37. The average molecular weight is 613 g/mol. The number of amides is 1. The number of rotatable bonds is 11. The van der Waals surface area contributed by atoms with Crippen LogP contribution in [0.2, 0.25) is 5.02 Å². The van der Waals surface area contributed by atoms with E-state index in [0.717, 1.165) is 55.9 Å². The van der Waals surface area contributed by atoms with E-state index in [1.807, 2.05) is 12.1 Å². The van der Waals surface area contributed by atoms with Crippen molar-refractivity contribution in [3.05, 3.63) is 83.4 Å². The number of carbonyl (C=O) groups is 1. The number of carbonyl (C=O) groups excluding carboxylic acids is 1. The number of anilines is 1.